The lowest BCUT2D eigenvalue weighted by Gasteiger charge is -2.34. The van der Waals surface area contributed by atoms with Crippen LogP contribution in [0.1, 0.15) is 21.0 Å². The standard InChI is InChI=1S/C20H18FN5O3/c21-14-4-1-2-5-15(14)22-19(27)16-7-8-18(24-23-16)25-9-11-26(12-10-25)20(28)17-6-3-13-29-17/h1-8,13H,9-12H2,(H,22,27). The minimum Gasteiger partial charge on any atom is -0.459 e. The van der Waals surface area contributed by atoms with Gasteiger partial charge in [0.15, 0.2) is 17.3 Å². The number of amides is 2. The zero-order chi connectivity index (χ0) is 20.2. The van der Waals surface area contributed by atoms with E-state index >= 15 is 0 Å². The van der Waals surface area contributed by atoms with Crippen molar-refractivity contribution in [2.75, 3.05) is 36.4 Å². The zero-order valence-corrected chi connectivity index (χ0v) is 15.4. The van der Waals surface area contributed by atoms with Gasteiger partial charge in [-0.1, -0.05) is 12.1 Å². The molecule has 3 aromatic rings. The summed E-state index contributed by atoms with van der Waals surface area (Å²) >= 11 is 0. The predicted octanol–water partition coefficient (Wildman–Crippen LogP) is 2.42. The molecule has 1 fully saturated rings. The Morgan fingerprint density at radius 3 is 2.41 bits per heavy atom. The molecule has 8 nitrogen and oxygen atoms in total. The monoisotopic (exact) mass is 395 g/mol. The molecule has 1 aliphatic rings. The third-order valence-electron chi connectivity index (χ3n) is 4.63. The smallest absolute Gasteiger partial charge is 0.289 e. The Balaban J connectivity index is 1.35. The topological polar surface area (TPSA) is 91.6 Å². The van der Waals surface area contributed by atoms with Crippen LogP contribution in [-0.4, -0.2) is 53.1 Å². The third kappa shape index (κ3) is 4.08. The number of anilines is 2. The first-order chi connectivity index (χ1) is 14.1. The zero-order valence-electron chi connectivity index (χ0n) is 15.4. The van der Waals surface area contributed by atoms with E-state index in [0.29, 0.717) is 37.8 Å². The summed E-state index contributed by atoms with van der Waals surface area (Å²) in [6, 6.07) is 12.5. The van der Waals surface area contributed by atoms with E-state index in [0.717, 1.165) is 0 Å². The normalized spacial score (nSPS) is 14.0. The molecule has 2 aromatic heterocycles. The van der Waals surface area contributed by atoms with Crippen LogP contribution in [0.4, 0.5) is 15.9 Å². The molecule has 0 aliphatic carbocycles. The summed E-state index contributed by atoms with van der Waals surface area (Å²) in [5.41, 5.74) is 0.171. The van der Waals surface area contributed by atoms with E-state index in [9.17, 15) is 14.0 Å². The maximum Gasteiger partial charge on any atom is 0.289 e. The molecule has 1 aliphatic heterocycles. The number of nitrogens with zero attached hydrogens (tertiary/aromatic N) is 4. The molecule has 0 bridgehead atoms. The second-order valence-electron chi connectivity index (χ2n) is 6.47. The van der Waals surface area contributed by atoms with Crippen LogP contribution < -0.4 is 10.2 Å². The van der Waals surface area contributed by atoms with Crippen molar-refractivity contribution in [3.05, 3.63) is 72.1 Å². The van der Waals surface area contributed by atoms with Crippen molar-refractivity contribution in [2.24, 2.45) is 0 Å². The molecule has 1 aromatic carbocycles. The van der Waals surface area contributed by atoms with E-state index in [1.165, 1.54) is 18.4 Å². The maximum absolute atomic E-state index is 13.7. The van der Waals surface area contributed by atoms with Crippen molar-refractivity contribution in [1.82, 2.24) is 15.1 Å². The fourth-order valence-corrected chi connectivity index (χ4v) is 3.06. The van der Waals surface area contributed by atoms with Gasteiger partial charge in [-0.25, -0.2) is 4.39 Å². The van der Waals surface area contributed by atoms with Gasteiger partial charge < -0.3 is 19.5 Å². The van der Waals surface area contributed by atoms with Gasteiger partial charge in [0, 0.05) is 26.2 Å². The van der Waals surface area contributed by atoms with Crippen molar-refractivity contribution in [2.45, 2.75) is 0 Å². The summed E-state index contributed by atoms with van der Waals surface area (Å²) in [7, 11) is 0. The van der Waals surface area contributed by atoms with E-state index in [-0.39, 0.29) is 17.3 Å². The van der Waals surface area contributed by atoms with E-state index in [1.807, 2.05) is 4.90 Å². The largest absolute Gasteiger partial charge is 0.459 e. The molecule has 0 atom stereocenters. The van der Waals surface area contributed by atoms with Crippen LogP contribution in [-0.2, 0) is 0 Å². The number of para-hydroxylation sites is 1. The highest BCUT2D eigenvalue weighted by Gasteiger charge is 2.24. The predicted molar refractivity (Wildman–Crippen MR) is 103 cm³/mol. The number of carbonyl (C=O) groups excluding carboxylic acids is 2. The molecule has 1 saturated heterocycles. The Bertz CT molecular complexity index is 999. The molecule has 4 rings (SSSR count). The van der Waals surface area contributed by atoms with Crippen LogP contribution in [0, 0.1) is 5.82 Å². The fraction of sp³-hybridized carbons (Fsp3) is 0.200. The summed E-state index contributed by atoms with van der Waals surface area (Å²) in [4.78, 5) is 28.3. The average molecular weight is 395 g/mol. The number of rotatable bonds is 4. The lowest BCUT2D eigenvalue weighted by molar-refractivity contribution is 0.0714. The molecule has 3 heterocycles. The number of hydrogen-bond donors (Lipinski definition) is 1. The van der Waals surface area contributed by atoms with Crippen LogP contribution in [0.25, 0.3) is 0 Å². The molecule has 0 saturated carbocycles. The first-order valence-electron chi connectivity index (χ1n) is 9.09. The van der Waals surface area contributed by atoms with Crippen LogP contribution in [0.15, 0.2) is 59.2 Å². The maximum atomic E-state index is 13.7. The van der Waals surface area contributed by atoms with Crippen molar-refractivity contribution < 1.29 is 18.4 Å². The highest BCUT2D eigenvalue weighted by molar-refractivity contribution is 6.02. The van der Waals surface area contributed by atoms with Crippen molar-refractivity contribution >= 4 is 23.3 Å². The van der Waals surface area contributed by atoms with Gasteiger partial charge >= 0.3 is 0 Å². The SMILES string of the molecule is O=C(Nc1ccccc1F)c1ccc(N2CCN(C(=O)c3ccco3)CC2)nn1. The first-order valence-corrected chi connectivity index (χ1v) is 9.09. The Morgan fingerprint density at radius 1 is 0.966 bits per heavy atom. The van der Waals surface area contributed by atoms with Gasteiger partial charge in [0.1, 0.15) is 5.82 Å². The fourth-order valence-electron chi connectivity index (χ4n) is 3.06. The van der Waals surface area contributed by atoms with Gasteiger partial charge in [0.25, 0.3) is 11.8 Å². The van der Waals surface area contributed by atoms with Crippen LogP contribution in [0.5, 0.6) is 0 Å². The number of aromatic nitrogens is 2. The van der Waals surface area contributed by atoms with Crippen LogP contribution >= 0.6 is 0 Å². The molecule has 1 N–H and O–H groups in total. The second kappa shape index (κ2) is 8.09. The summed E-state index contributed by atoms with van der Waals surface area (Å²) in [5, 5.41) is 10.5. The lowest BCUT2D eigenvalue weighted by atomic mass is 10.2. The summed E-state index contributed by atoms with van der Waals surface area (Å²) < 4.78 is 18.8. The summed E-state index contributed by atoms with van der Waals surface area (Å²) in [5.74, 6) is -0.266. The quantitative estimate of drug-likeness (QED) is 0.730. The summed E-state index contributed by atoms with van der Waals surface area (Å²) in [6.07, 6.45) is 1.48. The van der Waals surface area contributed by atoms with E-state index in [1.54, 1.807) is 41.3 Å². The van der Waals surface area contributed by atoms with Gasteiger partial charge in [-0.05, 0) is 36.4 Å². The van der Waals surface area contributed by atoms with E-state index in [4.69, 9.17) is 4.42 Å². The van der Waals surface area contributed by atoms with E-state index < -0.39 is 11.7 Å². The molecule has 9 heteroatoms. The minimum absolute atomic E-state index is 0.0840. The minimum atomic E-state index is -0.539. The second-order valence-corrected chi connectivity index (χ2v) is 6.47. The van der Waals surface area contributed by atoms with Gasteiger partial charge in [-0.2, -0.15) is 0 Å². The van der Waals surface area contributed by atoms with Crippen molar-refractivity contribution in [3.63, 3.8) is 0 Å². The van der Waals surface area contributed by atoms with Crippen molar-refractivity contribution in [3.8, 4) is 0 Å². The van der Waals surface area contributed by atoms with Gasteiger partial charge in [0.2, 0.25) is 0 Å². The van der Waals surface area contributed by atoms with Crippen LogP contribution in [0.2, 0.25) is 0 Å². The molecule has 29 heavy (non-hydrogen) atoms. The van der Waals surface area contributed by atoms with Gasteiger partial charge in [0.05, 0.1) is 12.0 Å². The lowest BCUT2D eigenvalue weighted by Crippen LogP contribution is -2.49. The number of nitrogens with one attached hydrogen (secondary N) is 1. The molecular weight excluding hydrogens is 377 g/mol. The summed E-state index contributed by atoms with van der Waals surface area (Å²) in [6.45, 7) is 2.22. The highest BCUT2D eigenvalue weighted by Crippen LogP contribution is 2.16. The van der Waals surface area contributed by atoms with Gasteiger partial charge in [-0.15, -0.1) is 10.2 Å². The molecule has 148 valence electrons. The first kappa shape index (κ1) is 18.6. The molecule has 0 radical (unpaired) electrons. The molecule has 2 amide bonds. The van der Waals surface area contributed by atoms with Gasteiger partial charge in [-0.3, -0.25) is 9.59 Å². The Hall–Kier alpha value is -3.75. The number of piperazine rings is 1. The molecule has 0 spiro atoms. The third-order valence-corrected chi connectivity index (χ3v) is 4.63. The molecule has 0 unspecified atom stereocenters. The number of carbonyl (C=O) groups is 2. The number of furan rings is 1. The number of hydrogen-bond acceptors (Lipinski definition) is 6. The number of benzene rings is 1. The van der Waals surface area contributed by atoms with Crippen molar-refractivity contribution in [1.29, 1.82) is 0 Å². The highest BCUT2D eigenvalue weighted by atomic mass is 19.1. The average Bonchev–Trinajstić information content (AvgIpc) is 3.30. The Kier molecular flexibility index (Phi) is 5.19. The van der Waals surface area contributed by atoms with E-state index in [2.05, 4.69) is 15.5 Å². The van der Waals surface area contributed by atoms with Crippen LogP contribution in [0.3, 0.4) is 0 Å². The Morgan fingerprint density at radius 2 is 1.76 bits per heavy atom. The number of halogens is 1. The Labute approximate surface area is 165 Å². The molecular formula is C20H18FN5O3.